The highest BCUT2D eigenvalue weighted by Crippen LogP contribution is 2.54. The van der Waals surface area contributed by atoms with Gasteiger partial charge in [-0.1, -0.05) is 172 Å². The van der Waals surface area contributed by atoms with Gasteiger partial charge in [0.15, 0.2) is 5.82 Å². The maximum atomic E-state index is 5.28. The van der Waals surface area contributed by atoms with Crippen LogP contribution in [-0.2, 0) is 5.41 Å². The lowest BCUT2D eigenvalue weighted by Crippen LogP contribution is -2.15. The van der Waals surface area contributed by atoms with E-state index in [4.69, 9.17) is 15.0 Å². The van der Waals surface area contributed by atoms with E-state index in [-0.39, 0.29) is 5.41 Å². The van der Waals surface area contributed by atoms with E-state index in [1.54, 1.807) is 0 Å². The summed E-state index contributed by atoms with van der Waals surface area (Å²) in [6.07, 6.45) is 1.89. The Balaban J connectivity index is 0.939. The van der Waals surface area contributed by atoms with E-state index >= 15 is 0 Å². The average Bonchev–Trinajstić information content (AvgIpc) is 4.09. The Bertz CT molecular complexity index is 4880. The molecule has 0 atom stereocenters. The molecule has 1 aliphatic carbocycles. The van der Waals surface area contributed by atoms with Crippen molar-refractivity contribution < 1.29 is 0 Å². The molecule has 0 saturated carbocycles. The third-order valence-electron chi connectivity index (χ3n) is 16.5. The first kappa shape index (κ1) is 43.4. The number of aromatic nitrogens is 5. The summed E-state index contributed by atoms with van der Waals surface area (Å²) in [7, 11) is 0. The molecular formula is C72H47N5. The fourth-order valence-corrected chi connectivity index (χ4v) is 12.8. The summed E-state index contributed by atoms with van der Waals surface area (Å²) in [6, 6.07) is 88.3. The van der Waals surface area contributed by atoms with E-state index in [1.165, 1.54) is 70.7 Å². The van der Waals surface area contributed by atoms with Crippen molar-refractivity contribution in [3.8, 4) is 67.5 Å². The number of fused-ring (bicyclic) bond motifs is 15. The molecule has 360 valence electrons. The predicted molar refractivity (Wildman–Crippen MR) is 320 cm³/mol. The highest BCUT2D eigenvalue weighted by Gasteiger charge is 2.37. The molecule has 11 aromatic carbocycles. The van der Waals surface area contributed by atoms with E-state index < -0.39 is 0 Å². The Hall–Kier alpha value is -9.97. The van der Waals surface area contributed by atoms with Crippen molar-refractivity contribution in [2.24, 2.45) is 0 Å². The first-order chi connectivity index (χ1) is 37.9. The van der Waals surface area contributed by atoms with Crippen LogP contribution >= 0.6 is 0 Å². The van der Waals surface area contributed by atoms with Crippen molar-refractivity contribution in [1.82, 2.24) is 24.1 Å². The van der Waals surface area contributed by atoms with Crippen molar-refractivity contribution in [1.29, 1.82) is 0 Å². The Morgan fingerprint density at radius 1 is 0.312 bits per heavy atom. The topological polar surface area (TPSA) is 48.5 Å². The Labute approximate surface area is 444 Å². The summed E-state index contributed by atoms with van der Waals surface area (Å²) in [5.41, 5.74) is 18.6. The molecule has 0 radical (unpaired) electrons. The van der Waals surface area contributed by atoms with Crippen molar-refractivity contribution in [2.75, 3.05) is 0 Å². The van der Waals surface area contributed by atoms with Gasteiger partial charge in [-0.05, 0) is 151 Å². The second-order valence-electron chi connectivity index (χ2n) is 21.2. The quantitative estimate of drug-likeness (QED) is 0.156. The number of rotatable bonds is 6. The van der Waals surface area contributed by atoms with Gasteiger partial charge in [0.2, 0.25) is 0 Å². The summed E-state index contributed by atoms with van der Waals surface area (Å²) in [5, 5.41) is 12.4. The van der Waals surface area contributed by atoms with Crippen LogP contribution in [0.3, 0.4) is 0 Å². The van der Waals surface area contributed by atoms with E-state index in [0.717, 1.165) is 78.2 Å². The second kappa shape index (κ2) is 16.5. The molecule has 0 amide bonds. The smallest absolute Gasteiger partial charge is 0.160 e. The maximum Gasteiger partial charge on any atom is 0.160 e. The van der Waals surface area contributed by atoms with Gasteiger partial charge in [0.05, 0.1) is 27.9 Å². The summed E-state index contributed by atoms with van der Waals surface area (Å²) < 4.78 is 4.76. The Morgan fingerprint density at radius 3 is 1.52 bits per heavy atom. The van der Waals surface area contributed by atoms with E-state index in [1.807, 2.05) is 24.4 Å². The van der Waals surface area contributed by atoms with Crippen LogP contribution in [0.25, 0.3) is 144 Å². The molecule has 0 unspecified atom stereocenters. The van der Waals surface area contributed by atoms with Crippen molar-refractivity contribution >= 4 is 76.1 Å². The van der Waals surface area contributed by atoms with Gasteiger partial charge in [0.1, 0.15) is 5.65 Å². The largest absolute Gasteiger partial charge is 0.309 e. The third kappa shape index (κ3) is 6.57. The van der Waals surface area contributed by atoms with E-state index in [0.29, 0.717) is 5.82 Å². The van der Waals surface area contributed by atoms with Gasteiger partial charge in [-0.2, -0.15) is 0 Å². The SMILES string of the molecule is CC1(C)c2cc3c4ccccc4c4ccccc4c3cc2-c2cc3c(cc21)c1cc(-c2ccc4c5cccnc5n(-c5ccccc5)c4c2)ccc1n3-c1cccc(-c2nc(-c3ccccc3)cc(-c3ccccc3)n2)c1. The molecule has 0 spiro atoms. The van der Waals surface area contributed by atoms with Crippen LogP contribution in [0.2, 0.25) is 0 Å². The zero-order chi connectivity index (χ0) is 50.9. The maximum absolute atomic E-state index is 5.28. The van der Waals surface area contributed by atoms with Crippen LogP contribution in [0.4, 0.5) is 0 Å². The van der Waals surface area contributed by atoms with Crippen molar-refractivity contribution in [3.63, 3.8) is 0 Å². The van der Waals surface area contributed by atoms with Crippen LogP contribution in [0, 0.1) is 0 Å². The van der Waals surface area contributed by atoms with Gasteiger partial charge in [0, 0.05) is 61.2 Å². The number of nitrogens with zero attached hydrogens (tertiary/aromatic N) is 5. The summed E-state index contributed by atoms with van der Waals surface area (Å²) in [6.45, 7) is 4.83. The zero-order valence-electron chi connectivity index (χ0n) is 42.4. The molecular weight excluding hydrogens is 935 g/mol. The standard InChI is InChI=1S/C72H47N5/c1-72(2)63-40-58-54-29-15-13-27-52(54)51-26-12-14-28-53(51)57(58)39-59(63)60-42-69-62(41-64(60)72)61-37-46(47-31-33-55-56-30-17-35-73-71(56)77(68(55)38-47)49-23-10-5-11-24-49)32-34-67(61)76(69)50-25-16-22-48(36-50)70-74-65(44-18-6-3-7-19-44)43-66(75-70)45-20-8-4-9-21-45/h3-43H,1-2H3. The molecule has 77 heavy (non-hydrogen) atoms. The first-order valence-corrected chi connectivity index (χ1v) is 26.5. The molecule has 0 saturated heterocycles. The van der Waals surface area contributed by atoms with Gasteiger partial charge < -0.3 is 4.57 Å². The number of hydrogen-bond donors (Lipinski definition) is 0. The van der Waals surface area contributed by atoms with E-state index in [9.17, 15) is 0 Å². The number of pyridine rings is 1. The minimum Gasteiger partial charge on any atom is -0.309 e. The normalized spacial score (nSPS) is 12.9. The first-order valence-electron chi connectivity index (χ1n) is 26.5. The van der Waals surface area contributed by atoms with Crippen LogP contribution in [0.15, 0.2) is 249 Å². The van der Waals surface area contributed by atoms with Crippen molar-refractivity contribution in [2.45, 2.75) is 19.3 Å². The molecule has 5 heteroatoms. The molecule has 4 heterocycles. The molecule has 0 N–H and O–H groups in total. The molecule has 0 bridgehead atoms. The summed E-state index contributed by atoms with van der Waals surface area (Å²) in [4.78, 5) is 15.5. The van der Waals surface area contributed by atoms with Gasteiger partial charge >= 0.3 is 0 Å². The van der Waals surface area contributed by atoms with Crippen LogP contribution in [0.5, 0.6) is 0 Å². The fourth-order valence-electron chi connectivity index (χ4n) is 12.8. The lowest BCUT2D eigenvalue weighted by atomic mass is 9.81. The lowest BCUT2D eigenvalue weighted by molar-refractivity contribution is 0.662. The molecule has 15 aromatic rings. The highest BCUT2D eigenvalue weighted by atomic mass is 15.0. The fraction of sp³-hybridized carbons (Fsp3) is 0.0417. The zero-order valence-corrected chi connectivity index (χ0v) is 42.4. The highest BCUT2D eigenvalue weighted by molar-refractivity contribution is 6.26. The third-order valence-corrected chi connectivity index (χ3v) is 16.5. The van der Waals surface area contributed by atoms with Gasteiger partial charge in [-0.25, -0.2) is 15.0 Å². The average molecular weight is 982 g/mol. The summed E-state index contributed by atoms with van der Waals surface area (Å²) in [5.74, 6) is 0.678. The minimum atomic E-state index is -0.271. The number of para-hydroxylation sites is 1. The predicted octanol–water partition coefficient (Wildman–Crippen LogP) is 18.5. The molecule has 0 aliphatic heterocycles. The molecule has 1 aliphatic rings. The summed E-state index contributed by atoms with van der Waals surface area (Å²) >= 11 is 0. The van der Waals surface area contributed by atoms with Crippen LogP contribution in [0.1, 0.15) is 25.0 Å². The van der Waals surface area contributed by atoms with Gasteiger partial charge in [-0.3, -0.25) is 4.57 Å². The number of benzene rings is 11. The Morgan fingerprint density at radius 2 is 0.831 bits per heavy atom. The van der Waals surface area contributed by atoms with E-state index in [2.05, 4.69) is 247 Å². The molecule has 5 nitrogen and oxygen atoms in total. The minimum absolute atomic E-state index is 0.271. The second-order valence-corrected chi connectivity index (χ2v) is 21.2. The van der Waals surface area contributed by atoms with Crippen molar-refractivity contribution in [3.05, 3.63) is 260 Å². The Kier molecular flexibility index (Phi) is 9.32. The van der Waals surface area contributed by atoms with Gasteiger partial charge in [-0.15, -0.1) is 0 Å². The molecule has 16 rings (SSSR count). The monoisotopic (exact) mass is 981 g/mol. The lowest BCUT2D eigenvalue weighted by Gasteiger charge is -2.22. The van der Waals surface area contributed by atoms with Crippen LogP contribution < -0.4 is 0 Å². The van der Waals surface area contributed by atoms with Gasteiger partial charge in [0.25, 0.3) is 0 Å². The molecule has 0 fully saturated rings. The molecule has 4 aromatic heterocycles. The van der Waals surface area contributed by atoms with Crippen LogP contribution in [-0.4, -0.2) is 24.1 Å². The number of hydrogen-bond acceptors (Lipinski definition) is 3.